The van der Waals surface area contributed by atoms with Crippen LogP contribution in [-0.4, -0.2) is 51.8 Å². The molecule has 2 aliphatic heterocycles. The van der Waals surface area contributed by atoms with Crippen LogP contribution in [-0.2, 0) is 26.2 Å². The Morgan fingerprint density at radius 2 is 0.966 bits per heavy atom. The first-order valence-electron chi connectivity index (χ1n) is 10.5. The third-order valence-corrected chi connectivity index (χ3v) is 13.9. The topological polar surface area (TPSA) is 6.48 Å². The van der Waals surface area contributed by atoms with Crippen molar-refractivity contribution in [1.29, 1.82) is 0 Å². The van der Waals surface area contributed by atoms with Crippen molar-refractivity contribution in [2.45, 2.75) is 64.7 Å². The fraction of sp³-hybridized carbons (Fsp3) is 0.636. The van der Waals surface area contributed by atoms with E-state index in [1.807, 2.05) is 0 Å². The van der Waals surface area contributed by atoms with Gasteiger partial charge in [-0.15, -0.1) is 46.8 Å². The maximum absolute atomic E-state index is 3.50. The van der Waals surface area contributed by atoms with Crippen molar-refractivity contribution in [3.8, 4) is 0 Å². The molecule has 0 aromatic rings. The summed E-state index contributed by atoms with van der Waals surface area (Å²) in [6, 6.07) is 0. The van der Waals surface area contributed by atoms with Crippen LogP contribution >= 0.6 is 34.0 Å². The number of rotatable bonds is 4. The molecule has 0 spiro atoms. The summed E-state index contributed by atoms with van der Waals surface area (Å²) in [6.07, 6.45) is 23.7. The van der Waals surface area contributed by atoms with E-state index in [9.17, 15) is 0 Å². The largest absolute Gasteiger partial charge is 2.00 e. The molecule has 162 valence electrons. The molecule has 4 aliphatic rings. The van der Waals surface area contributed by atoms with Gasteiger partial charge in [-0.25, -0.2) is 22.5 Å². The number of hydrogen-bond donors (Lipinski definition) is 0. The van der Waals surface area contributed by atoms with Crippen LogP contribution in [0.25, 0.3) is 0 Å². The van der Waals surface area contributed by atoms with Crippen molar-refractivity contribution in [3.63, 3.8) is 0 Å². The SMILES string of the molecule is Br.Br.C[Si](C)(C1=[C-]CC=C1)N1CCCC1.C[Si](C)(C1=[C-]CC=C1)N1CCCC1.[Zr+2]. The summed E-state index contributed by atoms with van der Waals surface area (Å²) < 4.78 is 5.43. The van der Waals surface area contributed by atoms with E-state index < -0.39 is 16.5 Å². The van der Waals surface area contributed by atoms with Crippen LogP contribution in [0.15, 0.2) is 34.7 Å². The molecule has 0 bridgehead atoms. The van der Waals surface area contributed by atoms with Gasteiger partial charge in [0.25, 0.3) is 0 Å². The molecule has 0 unspecified atom stereocenters. The molecular formula is C22H38Br2N2Si2Zr. The maximum atomic E-state index is 3.50. The fourth-order valence-electron chi connectivity index (χ4n) is 4.54. The van der Waals surface area contributed by atoms with Crippen LogP contribution in [0.3, 0.4) is 0 Å². The molecule has 0 aromatic heterocycles. The molecule has 0 atom stereocenters. The summed E-state index contributed by atoms with van der Waals surface area (Å²) in [5.41, 5.74) is 0. The molecule has 0 aromatic carbocycles. The van der Waals surface area contributed by atoms with Gasteiger partial charge in [-0.1, -0.05) is 26.2 Å². The average molecular weight is 638 g/mol. The first-order chi connectivity index (χ1) is 12.4. The van der Waals surface area contributed by atoms with Gasteiger partial charge in [0.1, 0.15) is 16.5 Å². The van der Waals surface area contributed by atoms with Crippen LogP contribution < -0.4 is 0 Å². The van der Waals surface area contributed by atoms with Gasteiger partial charge in [0, 0.05) is 0 Å². The van der Waals surface area contributed by atoms with E-state index >= 15 is 0 Å². The Balaban J connectivity index is 0.000000490. The molecule has 0 amide bonds. The fourth-order valence-corrected chi connectivity index (χ4v) is 10.2. The molecule has 2 nitrogen and oxygen atoms in total. The zero-order chi connectivity index (χ0) is 18.6. The average Bonchev–Trinajstić information content (AvgIpc) is 3.47. The monoisotopic (exact) mass is 634 g/mol. The zero-order valence-corrected chi connectivity index (χ0v) is 26.5. The second kappa shape index (κ2) is 13.6. The van der Waals surface area contributed by atoms with Crippen molar-refractivity contribution < 1.29 is 26.2 Å². The molecule has 7 heteroatoms. The van der Waals surface area contributed by atoms with E-state index in [0.717, 1.165) is 12.8 Å². The second-order valence-corrected chi connectivity index (χ2v) is 17.5. The van der Waals surface area contributed by atoms with Crippen LogP contribution in [0.5, 0.6) is 0 Å². The standard InChI is InChI=1S/2C11H18NSi.2BrH.Zr/c2*1-13(2,11-7-3-4-8-11)12-9-5-6-10-12;;;/h2*3,7H,4-6,9-10H2,1-2H3;2*1H;/q2*-1;;;+2. The normalized spacial score (nSPS) is 21.5. The number of nitrogens with zero attached hydrogens (tertiary/aromatic N) is 2. The first kappa shape index (κ1) is 30.2. The van der Waals surface area contributed by atoms with Gasteiger partial charge in [-0.3, -0.25) is 12.2 Å². The van der Waals surface area contributed by atoms with Crippen LogP contribution in [0.2, 0.25) is 26.2 Å². The molecule has 0 saturated carbocycles. The minimum atomic E-state index is -1.29. The molecule has 0 radical (unpaired) electrons. The predicted molar refractivity (Wildman–Crippen MR) is 138 cm³/mol. The van der Waals surface area contributed by atoms with Gasteiger partial charge < -0.3 is 9.13 Å². The molecule has 0 N–H and O–H groups in total. The maximum Gasteiger partial charge on any atom is 2.00 e. The molecule has 2 saturated heterocycles. The summed E-state index contributed by atoms with van der Waals surface area (Å²) in [4.78, 5) is 0. The third-order valence-electron chi connectivity index (χ3n) is 6.50. The number of allylic oxidation sites excluding steroid dienone is 8. The van der Waals surface area contributed by atoms with E-state index in [4.69, 9.17) is 0 Å². The number of hydrogen-bond acceptors (Lipinski definition) is 2. The Morgan fingerprint density at radius 1 is 0.655 bits per heavy atom. The molecule has 2 heterocycles. The summed E-state index contributed by atoms with van der Waals surface area (Å²) in [6.45, 7) is 15.1. The van der Waals surface area contributed by atoms with Gasteiger partial charge in [0.15, 0.2) is 0 Å². The molecular weight excluding hydrogens is 599 g/mol. The first-order valence-corrected chi connectivity index (χ1v) is 16.4. The van der Waals surface area contributed by atoms with Gasteiger partial charge in [-0.2, -0.15) is 12.2 Å². The van der Waals surface area contributed by atoms with Crippen molar-refractivity contribution in [1.82, 2.24) is 9.13 Å². The minimum absolute atomic E-state index is 0. The van der Waals surface area contributed by atoms with Crippen LogP contribution in [0.4, 0.5) is 0 Å². The summed E-state index contributed by atoms with van der Waals surface area (Å²) in [5.74, 6) is 0. The molecule has 2 fully saturated rings. The Bertz CT molecular complexity index is 564. The Hall–Kier alpha value is 1.16. The Kier molecular flexibility index (Phi) is 14.2. The molecule has 4 rings (SSSR count). The van der Waals surface area contributed by atoms with Gasteiger partial charge in [0.05, 0.1) is 0 Å². The molecule has 29 heavy (non-hydrogen) atoms. The van der Waals surface area contributed by atoms with E-state index in [2.05, 4.69) is 71.8 Å². The van der Waals surface area contributed by atoms with E-state index in [-0.39, 0.29) is 60.2 Å². The second-order valence-electron chi connectivity index (χ2n) is 8.90. The van der Waals surface area contributed by atoms with Crippen LogP contribution in [0, 0.1) is 12.2 Å². The van der Waals surface area contributed by atoms with Crippen molar-refractivity contribution in [2.24, 2.45) is 0 Å². The van der Waals surface area contributed by atoms with Gasteiger partial charge in [-0.05, 0) is 51.9 Å². The summed E-state index contributed by atoms with van der Waals surface area (Å²) in [7, 11) is -2.57. The van der Waals surface area contributed by atoms with Crippen molar-refractivity contribution in [2.75, 3.05) is 26.2 Å². The summed E-state index contributed by atoms with van der Waals surface area (Å²) in [5, 5.41) is 3.05. The van der Waals surface area contributed by atoms with Gasteiger partial charge in [0.2, 0.25) is 0 Å². The van der Waals surface area contributed by atoms with Crippen LogP contribution in [0.1, 0.15) is 38.5 Å². The van der Waals surface area contributed by atoms with Crippen molar-refractivity contribution >= 4 is 50.4 Å². The quantitative estimate of drug-likeness (QED) is 0.268. The van der Waals surface area contributed by atoms with E-state index in [1.165, 1.54) is 62.3 Å². The zero-order valence-electron chi connectivity index (χ0n) is 18.6. The number of halogens is 2. The molecule has 2 aliphatic carbocycles. The van der Waals surface area contributed by atoms with Crippen molar-refractivity contribution in [3.05, 3.63) is 46.8 Å². The van der Waals surface area contributed by atoms with Gasteiger partial charge >= 0.3 is 26.2 Å². The minimum Gasteiger partial charge on any atom is -0.322 e. The Morgan fingerprint density at radius 3 is 1.21 bits per heavy atom. The smallest absolute Gasteiger partial charge is 0.322 e. The van der Waals surface area contributed by atoms with E-state index in [1.54, 1.807) is 0 Å². The van der Waals surface area contributed by atoms with E-state index in [0.29, 0.717) is 0 Å². The predicted octanol–water partition coefficient (Wildman–Crippen LogP) is 6.19. The Labute approximate surface area is 221 Å². The summed E-state index contributed by atoms with van der Waals surface area (Å²) >= 11 is 0. The third kappa shape index (κ3) is 7.61.